The van der Waals surface area contributed by atoms with Gasteiger partial charge in [-0.15, -0.1) is 0 Å². The van der Waals surface area contributed by atoms with Crippen molar-refractivity contribution in [2.75, 3.05) is 13.7 Å². The molecule has 1 aliphatic rings. The van der Waals surface area contributed by atoms with Crippen LogP contribution in [0.25, 0.3) is 0 Å². The van der Waals surface area contributed by atoms with Gasteiger partial charge in [0.05, 0.1) is 19.8 Å². The monoisotopic (exact) mass is 480 g/mol. The molecule has 0 aliphatic carbocycles. The van der Waals surface area contributed by atoms with Crippen LogP contribution in [0.1, 0.15) is 11.1 Å². The van der Waals surface area contributed by atoms with Crippen molar-refractivity contribution in [2.24, 2.45) is 0 Å². The van der Waals surface area contributed by atoms with Crippen molar-refractivity contribution in [2.45, 2.75) is 37.8 Å². The molecule has 5 nitrogen and oxygen atoms in total. The van der Waals surface area contributed by atoms with Crippen molar-refractivity contribution in [3.05, 3.63) is 67.6 Å². The summed E-state index contributed by atoms with van der Waals surface area (Å²) < 4.78 is 22.6. The van der Waals surface area contributed by atoms with Gasteiger partial charge in [-0.25, -0.2) is 0 Å². The number of aliphatic hydroxyl groups is 1. The first-order valence-electron chi connectivity index (χ1n) is 8.82. The van der Waals surface area contributed by atoms with E-state index >= 15 is 0 Å². The number of aliphatic hydroxyl groups excluding tert-OH is 1. The van der Waals surface area contributed by atoms with E-state index in [-0.39, 0.29) is 19.8 Å². The molecular weight excluding hydrogens is 462 g/mol. The lowest BCUT2D eigenvalue weighted by Crippen LogP contribution is -2.37. The zero-order valence-electron chi connectivity index (χ0n) is 15.5. The highest BCUT2D eigenvalue weighted by molar-refractivity contribution is 6.35. The molecule has 2 aromatic rings. The Hall–Kier alpha value is -0.600. The van der Waals surface area contributed by atoms with Gasteiger partial charge in [0.25, 0.3) is 0 Å². The fraction of sp³-hybridized carbons (Fsp3) is 0.400. The van der Waals surface area contributed by atoms with Crippen LogP contribution < -0.4 is 0 Å². The summed E-state index contributed by atoms with van der Waals surface area (Å²) in [5.41, 5.74) is 1.54. The average Bonchev–Trinajstić information content (AvgIpc) is 2.98. The molecule has 29 heavy (non-hydrogen) atoms. The summed E-state index contributed by atoms with van der Waals surface area (Å²) in [6.07, 6.45) is -2.98. The number of hydrogen-bond acceptors (Lipinski definition) is 5. The molecule has 0 bridgehead atoms. The van der Waals surface area contributed by atoms with Gasteiger partial charge in [0.1, 0.15) is 18.3 Å². The van der Waals surface area contributed by atoms with Gasteiger partial charge >= 0.3 is 0 Å². The largest absolute Gasteiger partial charge is 0.385 e. The first-order chi connectivity index (χ1) is 13.9. The molecule has 1 fully saturated rings. The molecule has 0 amide bonds. The van der Waals surface area contributed by atoms with Crippen molar-refractivity contribution in [1.82, 2.24) is 0 Å². The van der Waals surface area contributed by atoms with E-state index in [1.807, 2.05) is 0 Å². The zero-order valence-corrected chi connectivity index (χ0v) is 18.5. The second-order valence-corrected chi connectivity index (χ2v) is 8.22. The Labute approximate surface area is 189 Å². The SMILES string of the molecule is CO[C@@H]1O[C@@H](COCc2ccc(Cl)cc2Cl)[C@H](OCc2ccc(Cl)cc2Cl)[C@@H]1O. The highest BCUT2D eigenvalue weighted by Gasteiger charge is 2.45. The molecule has 2 aromatic carbocycles. The highest BCUT2D eigenvalue weighted by atomic mass is 35.5. The molecule has 1 N–H and O–H groups in total. The molecule has 0 spiro atoms. The van der Waals surface area contributed by atoms with Gasteiger partial charge in [-0.2, -0.15) is 0 Å². The summed E-state index contributed by atoms with van der Waals surface area (Å²) in [6.45, 7) is 0.616. The maximum Gasteiger partial charge on any atom is 0.186 e. The van der Waals surface area contributed by atoms with Crippen molar-refractivity contribution in [3.8, 4) is 0 Å². The third-order valence-corrected chi connectivity index (χ3v) is 5.70. The van der Waals surface area contributed by atoms with Crippen LogP contribution in [0.4, 0.5) is 0 Å². The molecule has 158 valence electrons. The van der Waals surface area contributed by atoms with Crippen molar-refractivity contribution >= 4 is 46.4 Å². The zero-order chi connectivity index (χ0) is 21.0. The molecular formula is C20H20Cl4O5. The third-order valence-electron chi connectivity index (χ3n) is 4.52. The van der Waals surface area contributed by atoms with Crippen LogP contribution in [0.2, 0.25) is 20.1 Å². The van der Waals surface area contributed by atoms with Gasteiger partial charge < -0.3 is 24.1 Å². The molecule has 9 heteroatoms. The predicted molar refractivity (Wildman–Crippen MR) is 113 cm³/mol. The number of methoxy groups -OCH3 is 1. The van der Waals surface area contributed by atoms with Gasteiger partial charge in [0, 0.05) is 27.2 Å². The van der Waals surface area contributed by atoms with Crippen molar-refractivity contribution in [3.63, 3.8) is 0 Å². The van der Waals surface area contributed by atoms with Crippen LogP contribution in [0, 0.1) is 0 Å². The fourth-order valence-electron chi connectivity index (χ4n) is 2.99. The Morgan fingerprint density at radius 3 is 2.07 bits per heavy atom. The molecule has 4 atom stereocenters. The maximum absolute atomic E-state index is 10.5. The smallest absolute Gasteiger partial charge is 0.186 e. The van der Waals surface area contributed by atoms with Gasteiger partial charge in [-0.05, 0) is 35.4 Å². The Balaban J connectivity index is 1.60. The number of benzene rings is 2. The molecule has 1 saturated heterocycles. The van der Waals surface area contributed by atoms with Crippen LogP contribution in [-0.2, 0) is 32.2 Å². The van der Waals surface area contributed by atoms with Gasteiger partial charge in [0.2, 0.25) is 0 Å². The van der Waals surface area contributed by atoms with Crippen LogP contribution in [-0.4, -0.2) is 43.4 Å². The first kappa shape index (κ1) is 23.1. The van der Waals surface area contributed by atoms with Crippen molar-refractivity contribution < 1.29 is 24.1 Å². The summed E-state index contributed by atoms with van der Waals surface area (Å²) in [6, 6.07) is 10.3. The molecule has 3 rings (SSSR count). The summed E-state index contributed by atoms with van der Waals surface area (Å²) >= 11 is 24.2. The topological polar surface area (TPSA) is 57.2 Å². The lowest BCUT2D eigenvalue weighted by atomic mass is 10.1. The minimum absolute atomic E-state index is 0.175. The number of rotatable bonds is 8. The van der Waals surface area contributed by atoms with E-state index in [2.05, 4.69) is 0 Å². The normalized spacial score (nSPS) is 24.2. The van der Waals surface area contributed by atoms with Crippen LogP contribution in [0.5, 0.6) is 0 Å². The van der Waals surface area contributed by atoms with Gasteiger partial charge in [-0.3, -0.25) is 0 Å². The summed E-state index contributed by atoms with van der Waals surface area (Å²) in [4.78, 5) is 0. The van der Waals surface area contributed by atoms with Gasteiger partial charge in [0.15, 0.2) is 6.29 Å². The number of hydrogen-bond donors (Lipinski definition) is 1. The lowest BCUT2D eigenvalue weighted by molar-refractivity contribution is -0.156. The van der Waals surface area contributed by atoms with E-state index in [1.165, 1.54) is 7.11 Å². The van der Waals surface area contributed by atoms with Crippen LogP contribution in [0.15, 0.2) is 36.4 Å². The Morgan fingerprint density at radius 2 is 1.52 bits per heavy atom. The Kier molecular flexibility index (Phi) is 8.45. The molecule has 1 heterocycles. The second kappa shape index (κ2) is 10.6. The number of ether oxygens (including phenoxy) is 4. The Morgan fingerprint density at radius 1 is 0.931 bits per heavy atom. The summed E-state index contributed by atoms with van der Waals surface area (Å²) in [5.74, 6) is 0. The fourth-order valence-corrected chi connectivity index (χ4v) is 3.91. The first-order valence-corrected chi connectivity index (χ1v) is 10.3. The number of halogens is 4. The minimum atomic E-state index is -0.973. The van der Waals surface area contributed by atoms with E-state index in [4.69, 9.17) is 65.4 Å². The van der Waals surface area contributed by atoms with Gasteiger partial charge in [-0.1, -0.05) is 58.5 Å². The van der Waals surface area contributed by atoms with E-state index < -0.39 is 24.6 Å². The Bertz CT molecular complexity index is 835. The highest BCUT2D eigenvalue weighted by Crippen LogP contribution is 2.28. The molecule has 0 aromatic heterocycles. The standard InChI is InChI=1S/C20H20Cl4O5/c1-26-20-18(25)19(28-9-12-3-5-14(22)7-16(12)24)17(29-20)10-27-8-11-2-4-13(21)6-15(11)23/h2-7,17-20,25H,8-10H2,1H3/t17-,18-,19-,20+/m0/s1. The third kappa shape index (κ3) is 5.97. The van der Waals surface area contributed by atoms with E-state index in [9.17, 15) is 5.11 Å². The van der Waals surface area contributed by atoms with E-state index in [1.54, 1.807) is 36.4 Å². The van der Waals surface area contributed by atoms with E-state index in [0.29, 0.717) is 20.1 Å². The lowest BCUT2D eigenvalue weighted by Gasteiger charge is -2.21. The van der Waals surface area contributed by atoms with Crippen molar-refractivity contribution in [1.29, 1.82) is 0 Å². The quantitative estimate of drug-likeness (QED) is 0.566. The second-order valence-electron chi connectivity index (χ2n) is 6.53. The minimum Gasteiger partial charge on any atom is -0.385 e. The molecule has 0 radical (unpaired) electrons. The maximum atomic E-state index is 10.5. The predicted octanol–water partition coefficient (Wildman–Crippen LogP) is 5.13. The molecule has 1 aliphatic heterocycles. The van der Waals surface area contributed by atoms with Crippen LogP contribution in [0.3, 0.4) is 0 Å². The van der Waals surface area contributed by atoms with E-state index in [0.717, 1.165) is 11.1 Å². The average molecular weight is 482 g/mol. The molecule has 0 unspecified atom stereocenters. The van der Waals surface area contributed by atoms with Crippen LogP contribution >= 0.6 is 46.4 Å². The molecule has 0 saturated carbocycles. The summed E-state index contributed by atoms with van der Waals surface area (Å²) in [5, 5.41) is 12.6. The summed E-state index contributed by atoms with van der Waals surface area (Å²) in [7, 11) is 1.46.